The molecule has 0 heterocycles. The SMILES string of the molecule is C.C.C.C.C.C.CCC(N(CC)CC)N(CC)CC.[B].[B].[B].[B].[B].[B].[B][B]. The molecule has 0 aromatic rings. The second-order valence-electron chi connectivity index (χ2n) is 3.33. The zero-order chi connectivity index (χ0) is 12.3. The van der Waals surface area contributed by atoms with E-state index < -0.39 is 0 Å². The van der Waals surface area contributed by atoms with E-state index in [9.17, 15) is 0 Å². The van der Waals surface area contributed by atoms with Crippen LogP contribution in [0.4, 0.5) is 0 Å². The minimum Gasteiger partial charge on any atom is -0.288 e. The van der Waals surface area contributed by atoms with Crippen molar-refractivity contribution >= 4 is 66.0 Å². The third kappa shape index (κ3) is 46.4. The summed E-state index contributed by atoms with van der Waals surface area (Å²) in [5.74, 6) is 0. The molecule has 0 amide bonds. The van der Waals surface area contributed by atoms with E-state index in [2.05, 4.69) is 59.9 Å². The Kier molecular flexibility index (Phi) is 323. The van der Waals surface area contributed by atoms with E-state index in [0.717, 1.165) is 26.2 Å². The van der Waals surface area contributed by atoms with E-state index in [4.69, 9.17) is 0 Å². The van der Waals surface area contributed by atoms with E-state index in [-0.39, 0.29) is 95.0 Å². The Hall–Kier alpha value is 0.439. The van der Waals surface area contributed by atoms with Crippen molar-refractivity contribution in [2.75, 3.05) is 26.2 Å². The van der Waals surface area contributed by atoms with Crippen LogP contribution in [0, 0.1) is 0 Å². The third-order valence-corrected chi connectivity index (χ3v) is 2.83. The summed E-state index contributed by atoms with van der Waals surface area (Å²) < 4.78 is 0. The molecule has 0 rings (SSSR count). The predicted octanol–water partition coefficient (Wildman–Crippen LogP) is 3.18. The van der Waals surface area contributed by atoms with Gasteiger partial charge in [-0.3, -0.25) is 9.80 Å². The maximum atomic E-state index is 4.00. The Balaban J connectivity index is -0.00000000972. The Morgan fingerprint density at radius 1 is 0.481 bits per heavy atom. The summed E-state index contributed by atoms with van der Waals surface area (Å²) in [4.78, 5) is 5.07. The van der Waals surface area contributed by atoms with Crippen molar-refractivity contribution in [3.8, 4) is 0 Å². The quantitative estimate of drug-likeness (QED) is 0.503. The maximum absolute atomic E-state index is 4.00. The molecule has 22 radical (unpaired) electrons. The molecule has 0 bridgehead atoms. The molecule has 0 unspecified atom stereocenters. The summed E-state index contributed by atoms with van der Waals surface area (Å²) in [6.07, 6.45) is 1.87. The fourth-order valence-electron chi connectivity index (χ4n) is 2.04. The number of hydrogen-bond acceptors (Lipinski definition) is 2. The van der Waals surface area contributed by atoms with Crippen molar-refractivity contribution in [2.45, 2.75) is 91.8 Å². The minimum absolute atomic E-state index is 0. The average molecular weight is 369 g/mol. The van der Waals surface area contributed by atoms with Crippen LogP contribution in [0.3, 0.4) is 0 Å². The number of hydrogen-bond donors (Lipinski definition) is 0. The summed E-state index contributed by atoms with van der Waals surface area (Å²) in [6, 6.07) is 0. The largest absolute Gasteiger partial charge is 0.288 e. The van der Waals surface area contributed by atoms with Gasteiger partial charge in [0, 0.05) is 66.0 Å². The lowest BCUT2D eigenvalue weighted by molar-refractivity contribution is 0.0539. The molecule has 0 fully saturated rings. The Labute approximate surface area is 193 Å². The van der Waals surface area contributed by atoms with Gasteiger partial charge in [-0.15, -0.1) is 0 Å². The monoisotopic (exact) mass is 370 g/mol. The summed E-state index contributed by atoms with van der Waals surface area (Å²) in [7, 11) is 8.00. The second kappa shape index (κ2) is 82.1. The van der Waals surface area contributed by atoms with Crippen LogP contribution >= 0.6 is 0 Å². The second-order valence-corrected chi connectivity index (χ2v) is 3.33. The first kappa shape index (κ1) is 106. The normalized spacial score (nSPS) is 5.93. The Bertz CT molecular complexity index is 120. The third-order valence-electron chi connectivity index (χ3n) is 2.83. The van der Waals surface area contributed by atoms with E-state index in [1.54, 1.807) is 0 Å². The van der Waals surface area contributed by atoms with Crippen molar-refractivity contribution < 1.29 is 0 Å². The first-order valence-electron chi connectivity index (χ1n) is 6.06. The van der Waals surface area contributed by atoms with Crippen molar-refractivity contribution in [3.05, 3.63) is 0 Å². The van der Waals surface area contributed by atoms with Crippen LogP contribution in [0.1, 0.15) is 85.6 Å². The highest BCUT2D eigenvalue weighted by molar-refractivity contribution is 6.75. The molecule has 0 saturated heterocycles. The molecule has 152 valence electrons. The number of rotatable bonds is 7. The lowest BCUT2D eigenvalue weighted by Gasteiger charge is -2.37. The van der Waals surface area contributed by atoms with Crippen molar-refractivity contribution in [3.63, 3.8) is 0 Å². The van der Waals surface area contributed by atoms with Crippen molar-refractivity contribution in [2.24, 2.45) is 0 Å². The van der Waals surface area contributed by atoms with Gasteiger partial charge in [0.2, 0.25) is 0 Å². The molecule has 0 aliphatic rings. The molecule has 27 heavy (non-hydrogen) atoms. The smallest absolute Gasteiger partial charge is 0.0619 e. The van der Waals surface area contributed by atoms with Gasteiger partial charge in [-0.2, -0.15) is 0 Å². The molecular weight excluding hydrogens is 319 g/mol. The molecule has 0 saturated carbocycles. The topological polar surface area (TPSA) is 6.48 Å². The van der Waals surface area contributed by atoms with Gasteiger partial charge in [-0.1, -0.05) is 79.2 Å². The van der Waals surface area contributed by atoms with Gasteiger partial charge < -0.3 is 0 Å². The molecule has 0 aliphatic heterocycles. The predicted molar refractivity (Wildman–Crippen MR) is 146 cm³/mol. The van der Waals surface area contributed by atoms with Gasteiger partial charge in [0.15, 0.2) is 0 Å². The van der Waals surface area contributed by atoms with Crippen LogP contribution in [0.2, 0.25) is 0 Å². The van der Waals surface area contributed by atoms with Crippen molar-refractivity contribution in [1.82, 2.24) is 9.80 Å². The standard InChI is InChI=1S/C11H26N2.6CH4.B2.6B/c1-6-11(12(7-2)8-3)13(9-4)10-5;;;;;;;1-2;;;;;;/h11H,6-10H2,1-5H3;6*1H4;;;;;;;. The van der Waals surface area contributed by atoms with E-state index in [0.29, 0.717) is 6.17 Å². The van der Waals surface area contributed by atoms with Crippen molar-refractivity contribution in [1.29, 1.82) is 0 Å². The summed E-state index contributed by atoms with van der Waals surface area (Å²) in [5, 5.41) is 0. The zero-order valence-corrected chi connectivity index (χ0v) is 14.6. The lowest BCUT2D eigenvalue weighted by Crippen LogP contribution is -2.47. The fourth-order valence-corrected chi connectivity index (χ4v) is 2.04. The summed E-state index contributed by atoms with van der Waals surface area (Å²) in [5.41, 5.74) is 0. The molecule has 0 aromatic heterocycles. The van der Waals surface area contributed by atoms with E-state index in [1.165, 1.54) is 6.42 Å². The Morgan fingerprint density at radius 2 is 0.630 bits per heavy atom. The van der Waals surface area contributed by atoms with Gasteiger partial charge in [0.25, 0.3) is 0 Å². The average Bonchev–Trinajstić information content (AvgIpc) is 2.32. The van der Waals surface area contributed by atoms with E-state index in [1.807, 2.05) is 0 Å². The molecule has 2 nitrogen and oxygen atoms in total. The van der Waals surface area contributed by atoms with Crippen LogP contribution in [-0.2, 0) is 0 Å². The Morgan fingerprint density at radius 3 is 0.704 bits per heavy atom. The molecular formula is C17H50B8N2. The molecule has 0 aromatic carbocycles. The maximum Gasteiger partial charge on any atom is 0.0619 e. The van der Waals surface area contributed by atoms with Crippen LogP contribution in [-0.4, -0.2) is 108 Å². The van der Waals surface area contributed by atoms with Gasteiger partial charge >= 0.3 is 0 Å². The van der Waals surface area contributed by atoms with Gasteiger partial charge in [-0.05, 0) is 32.6 Å². The minimum atomic E-state index is 0. The molecule has 0 spiro atoms. The molecule has 10 heteroatoms. The summed E-state index contributed by atoms with van der Waals surface area (Å²) in [6.45, 7) is 15.9. The molecule has 0 aliphatic carbocycles. The van der Waals surface area contributed by atoms with Gasteiger partial charge in [-0.25, -0.2) is 0 Å². The van der Waals surface area contributed by atoms with Crippen LogP contribution in [0.5, 0.6) is 0 Å². The number of nitrogens with zero attached hydrogens (tertiary/aromatic N) is 2. The fraction of sp³-hybridized carbons (Fsp3) is 1.00. The van der Waals surface area contributed by atoms with Gasteiger partial charge in [0.1, 0.15) is 0 Å². The lowest BCUT2D eigenvalue weighted by atomic mass is 9.81. The van der Waals surface area contributed by atoms with Gasteiger partial charge in [0.05, 0.1) is 6.17 Å². The van der Waals surface area contributed by atoms with Crippen LogP contribution in [0.25, 0.3) is 0 Å². The van der Waals surface area contributed by atoms with Crippen LogP contribution < -0.4 is 0 Å². The van der Waals surface area contributed by atoms with Crippen LogP contribution in [0.15, 0.2) is 0 Å². The molecule has 0 atom stereocenters. The highest BCUT2D eigenvalue weighted by Gasteiger charge is 2.18. The zero-order valence-electron chi connectivity index (χ0n) is 14.6. The van der Waals surface area contributed by atoms with E-state index >= 15 is 0 Å². The highest BCUT2D eigenvalue weighted by atomic mass is 15.3. The summed E-state index contributed by atoms with van der Waals surface area (Å²) >= 11 is 0. The first-order chi connectivity index (χ1) is 7.24. The molecule has 0 N–H and O–H groups in total. The highest BCUT2D eigenvalue weighted by Crippen LogP contribution is 2.09. The first-order valence-corrected chi connectivity index (χ1v) is 6.06.